The molecule has 1 amide bonds. The summed E-state index contributed by atoms with van der Waals surface area (Å²) in [5.41, 5.74) is 2.36. The first kappa shape index (κ1) is 20.1. The molecule has 2 fully saturated rings. The van der Waals surface area contributed by atoms with Crippen LogP contribution in [0.3, 0.4) is 0 Å². The Morgan fingerprint density at radius 1 is 1.22 bits per heavy atom. The van der Waals surface area contributed by atoms with E-state index in [0.29, 0.717) is 16.8 Å². The molecule has 6 nitrogen and oxygen atoms in total. The molecule has 1 aromatic carbocycles. The summed E-state index contributed by atoms with van der Waals surface area (Å²) in [5.74, 6) is -0.0369. The fourth-order valence-electron chi connectivity index (χ4n) is 4.15. The van der Waals surface area contributed by atoms with Crippen molar-refractivity contribution in [3.05, 3.63) is 46.2 Å². The number of piperidine rings is 1. The van der Waals surface area contributed by atoms with Crippen molar-refractivity contribution in [2.75, 3.05) is 19.6 Å². The minimum absolute atomic E-state index is 0. The summed E-state index contributed by atoms with van der Waals surface area (Å²) in [7, 11) is 0. The van der Waals surface area contributed by atoms with Gasteiger partial charge in [0.15, 0.2) is 5.69 Å². The van der Waals surface area contributed by atoms with E-state index >= 15 is 0 Å². The standard InChI is InChI=1S/C19H24ClN5O.ClH/c1-13-18(22-23-25(13)14-8-10-21-11-9-14)19(26)24-12-4-7-17(24)15-5-2-3-6-16(15)20;/h2-3,5-6,14,17,21H,4,7-12H2,1H3;1H. The van der Waals surface area contributed by atoms with Gasteiger partial charge in [-0.2, -0.15) is 0 Å². The zero-order valence-electron chi connectivity index (χ0n) is 15.4. The summed E-state index contributed by atoms with van der Waals surface area (Å²) in [4.78, 5) is 15.1. The molecule has 2 aromatic rings. The number of nitrogens with zero attached hydrogens (tertiary/aromatic N) is 4. The molecule has 1 atom stereocenters. The minimum atomic E-state index is -0.0369. The molecule has 146 valence electrons. The molecular weight excluding hydrogens is 385 g/mol. The molecule has 1 unspecified atom stereocenters. The molecule has 1 N–H and O–H groups in total. The van der Waals surface area contributed by atoms with Gasteiger partial charge in [-0.05, 0) is 57.3 Å². The lowest BCUT2D eigenvalue weighted by molar-refractivity contribution is 0.0729. The van der Waals surface area contributed by atoms with E-state index in [4.69, 9.17) is 11.6 Å². The SMILES string of the molecule is Cc1c(C(=O)N2CCCC2c2ccccc2Cl)nnn1C1CCNCC1.Cl. The molecule has 4 rings (SSSR count). The zero-order chi connectivity index (χ0) is 18.1. The molecule has 27 heavy (non-hydrogen) atoms. The Morgan fingerprint density at radius 3 is 2.70 bits per heavy atom. The molecule has 3 heterocycles. The summed E-state index contributed by atoms with van der Waals surface area (Å²) < 4.78 is 1.94. The van der Waals surface area contributed by atoms with Crippen molar-refractivity contribution in [1.29, 1.82) is 0 Å². The van der Waals surface area contributed by atoms with Gasteiger partial charge in [-0.15, -0.1) is 17.5 Å². The van der Waals surface area contributed by atoms with Crippen LogP contribution in [0.2, 0.25) is 5.02 Å². The average molecular weight is 410 g/mol. The second-order valence-electron chi connectivity index (χ2n) is 7.13. The van der Waals surface area contributed by atoms with E-state index in [-0.39, 0.29) is 24.4 Å². The number of benzene rings is 1. The third kappa shape index (κ3) is 3.84. The number of aromatic nitrogens is 3. The van der Waals surface area contributed by atoms with Gasteiger partial charge in [0.2, 0.25) is 0 Å². The van der Waals surface area contributed by atoms with Gasteiger partial charge in [0, 0.05) is 11.6 Å². The lowest BCUT2D eigenvalue weighted by Gasteiger charge is -2.26. The van der Waals surface area contributed by atoms with E-state index in [0.717, 1.165) is 56.6 Å². The summed E-state index contributed by atoms with van der Waals surface area (Å²) in [5, 5.41) is 12.6. The molecular formula is C19H25Cl2N5O. The quantitative estimate of drug-likeness (QED) is 0.841. The number of carbonyl (C=O) groups is 1. The number of carbonyl (C=O) groups excluding carboxylic acids is 1. The van der Waals surface area contributed by atoms with Gasteiger partial charge in [-0.1, -0.05) is 35.0 Å². The van der Waals surface area contributed by atoms with Gasteiger partial charge in [0.1, 0.15) is 0 Å². The third-order valence-corrected chi connectivity index (χ3v) is 5.91. The highest BCUT2D eigenvalue weighted by atomic mass is 35.5. The lowest BCUT2D eigenvalue weighted by Crippen LogP contribution is -2.32. The fourth-order valence-corrected chi connectivity index (χ4v) is 4.41. The van der Waals surface area contributed by atoms with E-state index < -0.39 is 0 Å². The van der Waals surface area contributed by atoms with Crippen molar-refractivity contribution in [3.8, 4) is 0 Å². The van der Waals surface area contributed by atoms with Crippen LogP contribution in [0.1, 0.15) is 59.5 Å². The number of amides is 1. The smallest absolute Gasteiger partial charge is 0.276 e. The highest BCUT2D eigenvalue weighted by Crippen LogP contribution is 2.36. The maximum Gasteiger partial charge on any atom is 0.276 e. The molecule has 0 saturated carbocycles. The van der Waals surface area contributed by atoms with Crippen LogP contribution < -0.4 is 5.32 Å². The van der Waals surface area contributed by atoms with Crippen LogP contribution in [0.25, 0.3) is 0 Å². The first-order valence-electron chi connectivity index (χ1n) is 9.34. The van der Waals surface area contributed by atoms with Gasteiger partial charge in [0.25, 0.3) is 5.91 Å². The highest BCUT2D eigenvalue weighted by Gasteiger charge is 2.34. The van der Waals surface area contributed by atoms with Crippen molar-refractivity contribution in [3.63, 3.8) is 0 Å². The summed E-state index contributed by atoms with van der Waals surface area (Å²) in [6, 6.07) is 8.12. The van der Waals surface area contributed by atoms with E-state index in [1.54, 1.807) is 0 Å². The topological polar surface area (TPSA) is 63.1 Å². The maximum absolute atomic E-state index is 13.2. The second kappa shape index (κ2) is 8.59. The number of hydrogen-bond acceptors (Lipinski definition) is 4. The molecule has 2 aliphatic rings. The van der Waals surface area contributed by atoms with Crippen LogP contribution in [0.15, 0.2) is 24.3 Å². The fraction of sp³-hybridized carbons (Fsp3) is 0.526. The van der Waals surface area contributed by atoms with E-state index in [9.17, 15) is 4.79 Å². The first-order chi connectivity index (χ1) is 12.7. The Labute approximate surface area is 170 Å². The largest absolute Gasteiger partial charge is 0.330 e. The van der Waals surface area contributed by atoms with Crippen LogP contribution in [-0.2, 0) is 0 Å². The van der Waals surface area contributed by atoms with Crippen molar-refractivity contribution < 1.29 is 4.79 Å². The van der Waals surface area contributed by atoms with Gasteiger partial charge < -0.3 is 10.2 Å². The van der Waals surface area contributed by atoms with Gasteiger partial charge in [-0.25, -0.2) is 4.68 Å². The van der Waals surface area contributed by atoms with Crippen LogP contribution in [0.5, 0.6) is 0 Å². The van der Waals surface area contributed by atoms with Crippen molar-refractivity contribution >= 4 is 29.9 Å². The predicted octanol–water partition coefficient (Wildman–Crippen LogP) is 3.56. The average Bonchev–Trinajstić information content (AvgIpc) is 3.29. The summed E-state index contributed by atoms with van der Waals surface area (Å²) in [6.45, 7) is 4.64. The first-order valence-corrected chi connectivity index (χ1v) is 9.72. The van der Waals surface area contributed by atoms with Crippen LogP contribution in [-0.4, -0.2) is 45.4 Å². The summed E-state index contributed by atoms with van der Waals surface area (Å²) >= 11 is 6.38. The monoisotopic (exact) mass is 409 g/mol. The van der Waals surface area contributed by atoms with Crippen LogP contribution in [0, 0.1) is 6.92 Å². The van der Waals surface area contributed by atoms with Crippen molar-refractivity contribution in [2.24, 2.45) is 0 Å². The normalized spacial score (nSPS) is 20.5. The van der Waals surface area contributed by atoms with E-state index in [1.807, 2.05) is 40.8 Å². The minimum Gasteiger partial charge on any atom is -0.330 e. The molecule has 0 spiro atoms. The van der Waals surface area contributed by atoms with Gasteiger partial charge >= 0.3 is 0 Å². The van der Waals surface area contributed by atoms with Crippen molar-refractivity contribution in [2.45, 2.75) is 44.7 Å². The highest BCUT2D eigenvalue weighted by molar-refractivity contribution is 6.31. The Balaban J connectivity index is 0.00000210. The zero-order valence-corrected chi connectivity index (χ0v) is 17.0. The Kier molecular flexibility index (Phi) is 6.40. The predicted molar refractivity (Wildman–Crippen MR) is 108 cm³/mol. The lowest BCUT2D eigenvalue weighted by atomic mass is 10.0. The molecule has 0 aliphatic carbocycles. The number of nitrogens with one attached hydrogen (secondary N) is 1. The van der Waals surface area contributed by atoms with Gasteiger partial charge in [0.05, 0.1) is 17.8 Å². The van der Waals surface area contributed by atoms with Crippen LogP contribution >= 0.6 is 24.0 Å². The Morgan fingerprint density at radius 2 is 1.96 bits per heavy atom. The van der Waals surface area contributed by atoms with Gasteiger partial charge in [-0.3, -0.25) is 4.79 Å². The molecule has 1 aromatic heterocycles. The Bertz CT molecular complexity index is 803. The number of hydrogen-bond donors (Lipinski definition) is 1. The van der Waals surface area contributed by atoms with Crippen molar-refractivity contribution in [1.82, 2.24) is 25.2 Å². The Hall–Kier alpha value is -1.63. The second-order valence-corrected chi connectivity index (χ2v) is 7.53. The summed E-state index contributed by atoms with van der Waals surface area (Å²) in [6.07, 6.45) is 3.94. The van der Waals surface area contributed by atoms with E-state index in [1.165, 1.54) is 0 Å². The van der Waals surface area contributed by atoms with Crippen LogP contribution in [0.4, 0.5) is 0 Å². The molecule has 0 bridgehead atoms. The molecule has 2 saturated heterocycles. The molecule has 2 aliphatic heterocycles. The number of halogens is 2. The maximum atomic E-state index is 13.2. The third-order valence-electron chi connectivity index (χ3n) is 5.56. The van der Waals surface area contributed by atoms with E-state index in [2.05, 4.69) is 15.6 Å². The number of likely N-dealkylation sites (tertiary alicyclic amines) is 1. The number of rotatable bonds is 3. The molecule has 8 heteroatoms. The molecule has 0 radical (unpaired) electrons.